The van der Waals surface area contributed by atoms with Gasteiger partial charge in [-0.2, -0.15) is 0 Å². The zero-order valence-corrected chi connectivity index (χ0v) is 15.6. The molecule has 6 heteroatoms. The fourth-order valence-electron chi connectivity index (χ4n) is 4.10. The number of aryl methyl sites for hydroxylation is 1. The number of fused-ring (bicyclic) bond motifs is 3. The van der Waals surface area contributed by atoms with Gasteiger partial charge in [0, 0.05) is 10.9 Å². The predicted molar refractivity (Wildman–Crippen MR) is 98.1 cm³/mol. The minimum absolute atomic E-state index is 0.121. The van der Waals surface area contributed by atoms with Crippen LogP contribution in [0.25, 0.3) is 22.1 Å². The Morgan fingerprint density at radius 3 is 2.69 bits per heavy atom. The molecule has 26 heavy (non-hydrogen) atoms. The molecule has 1 aliphatic rings. The van der Waals surface area contributed by atoms with Crippen molar-refractivity contribution in [2.45, 2.75) is 52.2 Å². The summed E-state index contributed by atoms with van der Waals surface area (Å²) >= 11 is 0. The number of aromatic nitrogens is 1. The van der Waals surface area contributed by atoms with Crippen molar-refractivity contribution in [1.82, 2.24) is 5.16 Å². The van der Waals surface area contributed by atoms with Crippen LogP contribution in [0.15, 0.2) is 27.3 Å². The van der Waals surface area contributed by atoms with Gasteiger partial charge in [0.15, 0.2) is 5.78 Å². The van der Waals surface area contributed by atoms with Crippen molar-refractivity contribution in [3.63, 3.8) is 0 Å². The molecule has 6 nitrogen and oxygen atoms in total. The lowest BCUT2D eigenvalue weighted by Gasteiger charge is -2.42. The molecule has 3 aromatic rings. The average Bonchev–Trinajstić information content (AvgIpc) is 3.20. The number of ketones is 1. The first-order chi connectivity index (χ1) is 12.2. The molecule has 0 amide bonds. The number of rotatable bonds is 2. The number of benzene rings is 1. The highest BCUT2D eigenvalue weighted by molar-refractivity contribution is 6.10. The van der Waals surface area contributed by atoms with Crippen LogP contribution in [0.1, 0.15) is 44.7 Å². The second kappa shape index (κ2) is 5.20. The van der Waals surface area contributed by atoms with Crippen LogP contribution in [-0.2, 0) is 16.8 Å². The van der Waals surface area contributed by atoms with E-state index >= 15 is 0 Å². The Morgan fingerprint density at radius 1 is 1.27 bits per heavy atom. The van der Waals surface area contributed by atoms with Crippen molar-refractivity contribution in [2.75, 3.05) is 5.32 Å². The molecule has 4 rings (SSSR count). The monoisotopic (exact) mass is 354 g/mol. The van der Waals surface area contributed by atoms with Gasteiger partial charge in [0.25, 0.3) is 0 Å². The first kappa shape index (κ1) is 16.8. The second-order valence-corrected chi connectivity index (χ2v) is 7.93. The minimum atomic E-state index is -0.675. The fourth-order valence-corrected chi connectivity index (χ4v) is 4.10. The highest BCUT2D eigenvalue weighted by Crippen LogP contribution is 2.48. The topological polar surface area (TPSA) is 88.5 Å². The highest BCUT2D eigenvalue weighted by atomic mass is 16.5. The molecule has 1 aromatic carbocycles. The van der Waals surface area contributed by atoms with E-state index < -0.39 is 11.0 Å². The van der Waals surface area contributed by atoms with E-state index in [-0.39, 0.29) is 12.4 Å². The largest absolute Gasteiger partial charge is 0.464 e. The molecule has 0 aliphatic carbocycles. The predicted octanol–water partition coefficient (Wildman–Crippen LogP) is 3.94. The van der Waals surface area contributed by atoms with Gasteiger partial charge in [0.1, 0.15) is 17.0 Å². The second-order valence-electron chi connectivity index (χ2n) is 7.93. The number of Topliss-reactive ketones (excluding diaryl/α,β-unsaturated/α-hetero) is 1. The maximum absolute atomic E-state index is 13.0. The normalized spacial score (nSPS) is 18.0. The van der Waals surface area contributed by atoms with E-state index in [9.17, 15) is 9.90 Å². The fraction of sp³-hybridized carbons (Fsp3) is 0.400. The van der Waals surface area contributed by atoms with Gasteiger partial charge in [-0.25, -0.2) is 0 Å². The Kier molecular flexibility index (Phi) is 3.37. The standard InChI is InChI=1S/C20H22N2O4/c1-10-15(14(9-23)22-26-10)12-8-13-16(11-6-7-25-17(11)12)21-20(4,5)18(24)19(13,2)3/h6-8,21,23H,9H2,1-5H3. The molecule has 0 saturated heterocycles. The van der Waals surface area contributed by atoms with Crippen LogP contribution in [0.2, 0.25) is 0 Å². The Labute approximate surface area is 151 Å². The zero-order chi connectivity index (χ0) is 18.9. The maximum atomic E-state index is 13.0. The molecule has 0 atom stereocenters. The van der Waals surface area contributed by atoms with Gasteiger partial charge in [0.05, 0.1) is 35.1 Å². The third-order valence-electron chi connectivity index (χ3n) is 5.34. The number of carbonyl (C=O) groups is 1. The van der Waals surface area contributed by atoms with Crippen molar-refractivity contribution in [2.24, 2.45) is 0 Å². The molecule has 0 spiro atoms. The molecule has 136 valence electrons. The molecule has 0 radical (unpaired) electrons. The van der Waals surface area contributed by atoms with E-state index in [1.807, 2.05) is 39.8 Å². The summed E-state index contributed by atoms with van der Waals surface area (Å²) in [6.07, 6.45) is 1.63. The van der Waals surface area contributed by atoms with Crippen LogP contribution >= 0.6 is 0 Å². The molecular weight excluding hydrogens is 332 g/mol. The summed E-state index contributed by atoms with van der Waals surface area (Å²) in [7, 11) is 0. The van der Waals surface area contributed by atoms with E-state index in [1.165, 1.54) is 0 Å². The van der Waals surface area contributed by atoms with E-state index in [0.717, 1.165) is 22.2 Å². The summed E-state index contributed by atoms with van der Waals surface area (Å²) in [4.78, 5) is 13.0. The van der Waals surface area contributed by atoms with Gasteiger partial charge in [-0.3, -0.25) is 4.79 Å². The number of anilines is 1. The number of nitrogens with zero attached hydrogens (tertiary/aromatic N) is 1. The number of furan rings is 1. The van der Waals surface area contributed by atoms with Crippen molar-refractivity contribution in [3.05, 3.63) is 35.4 Å². The van der Waals surface area contributed by atoms with Crippen molar-refractivity contribution in [1.29, 1.82) is 0 Å². The van der Waals surface area contributed by atoms with Crippen molar-refractivity contribution < 1.29 is 18.8 Å². The zero-order valence-electron chi connectivity index (χ0n) is 15.6. The van der Waals surface area contributed by atoms with Crippen LogP contribution in [0.4, 0.5) is 5.69 Å². The lowest BCUT2D eigenvalue weighted by Crippen LogP contribution is -2.53. The summed E-state index contributed by atoms with van der Waals surface area (Å²) in [6.45, 7) is 9.24. The summed E-state index contributed by atoms with van der Waals surface area (Å²) in [5, 5.41) is 17.9. The summed E-state index contributed by atoms with van der Waals surface area (Å²) in [6, 6.07) is 3.86. The number of nitrogens with one attached hydrogen (secondary N) is 1. The van der Waals surface area contributed by atoms with Gasteiger partial charge in [0.2, 0.25) is 0 Å². The summed E-state index contributed by atoms with van der Waals surface area (Å²) in [5.41, 5.74) is 3.08. The number of hydrogen-bond donors (Lipinski definition) is 2. The molecule has 3 heterocycles. The third kappa shape index (κ3) is 2.08. The van der Waals surface area contributed by atoms with Crippen molar-refractivity contribution >= 4 is 22.4 Å². The van der Waals surface area contributed by atoms with Gasteiger partial charge in [-0.05, 0) is 52.3 Å². The molecule has 2 N–H and O–H groups in total. The van der Waals surface area contributed by atoms with Crippen LogP contribution in [-0.4, -0.2) is 21.6 Å². The highest BCUT2D eigenvalue weighted by Gasteiger charge is 2.47. The van der Waals surface area contributed by atoms with E-state index in [4.69, 9.17) is 8.94 Å². The third-order valence-corrected chi connectivity index (χ3v) is 5.34. The number of aliphatic hydroxyl groups excluding tert-OH is 1. The first-order valence-electron chi connectivity index (χ1n) is 8.62. The van der Waals surface area contributed by atoms with Gasteiger partial charge < -0.3 is 19.4 Å². The van der Waals surface area contributed by atoms with Crippen molar-refractivity contribution in [3.8, 4) is 11.1 Å². The lowest BCUT2D eigenvalue weighted by molar-refractivity contribution is -0.127. The molecule has 0 saturated carbocycles. The SMILES string of the molecule is Cc1onc(CO)c1-c1cc2c(c3ccoc13)NC(C)(C)C(=O)C2(C)C. The first-order valence-corrected chi connectivity index (χ1v) is 8.62. The smallest absolute Gasteiger partial charge is 0.167 e. The summed E-state index contributed by atoms with van der Waals surface area (Å²) in [5.74, 6) is 0.718. The maximum Gasteiger partial charge on any atom is 0.167 e. The Morgan fingerprint density at radius 2 is 2.00 bits per heavy atom. The Bertz CT molecular complexity index is 1040. The average molecular weight is 354 g/mol. The van der Waals surface area contributed by atoms with E-state index in [2.05, 4.69) is 10.5 Å². The molecule has 0 bridgehead atoms. The molecular formula is C20H22N2O4. The number of aliphatic hydroxyl groups is 1. The van der Waals surface area contributed by atoms with E-state index in [1.54, 1.807) is 13.2 Å². The molecule has 1 aliphatic heterocycles. The number of hydrogen-bond acceptors (Lipinski definition) is 6. The van der Waals surface area contributed by atoms with Crippen LogP contribution < -0.4 is 5.32 Å². The molecule has 2 aromatic heterocycles. The minimum Gasteiger partial charge on any atom is -0.464 e. The van der Waals surface area contributed by atoms with Crippen LogP contribution in [0.5, 0.6) is 0 Å². The quantitative estimate of drug-likeness (QED) is 0.725. The van der Waals surface area contributed by atoms with E-state index in [0.29, 0.717) is 22.6 Å². The Balaban J connectivity index is 2.10. The van der Waals surface area contributed by atoms with Gasteiger partial charge in [-0.1, -0.05) is 5.16 Å². The van der Waals surface area contributed by atoms with Gasteiger partial charge in [-0.15, -0.1) is 0 Å². The summed E-state index contributed by atoms with van der Waals surface area (Å²) < 4.78 is 11.1. The Hall–Kier alpha value is -2.60. The molecule has 0 fully saturated rings. The number of carbonyl (C=O) groups excluding carboxylic acids is 1. The van der Waals surface area contributed by atoms with Crippen LogP contribution in [0.3, 0.4) is 0 Å². The lowest BCUT2D eigenvalue weighted by atomic mass is 9.69. The van der Waals surface area contributed by atoms with Crippen LogP contribution in [0, 0.1) is 6.92 Å². The van der Waals surface area contributed by atoms with Gasteiger partial charge >= 0.3 is 0 Å². The molecule has 0 unspecified atom stereocenters.